The summed E-state index contributed by atoms with van der Waals surface area (Å²) in [6.07, 6.45) is 0.295. The van der Waals surface area contributed by atoms with Gasteiger partial charge in [-0.2, -0.15) is 0 Å². The van der Waals surface area contributed by atoms with Gasteiger partial charge in [0.2, 0.25) is 0 Å². The van der Waals surface area contributed by atoms with Gasteiger partial charge in [0.1, 0.15) is 23.7 Å². The van der Waals surface area contributed by atoms with Crippen LogP contribution in [0.3, 0.4) is 0 Å². The van der Waals surface area contributed by atoms with Gasteiger partial charge < -0.3 is 9.64 Å². The molecule has 0 saturated carbocycles. The van der Waals surface area contributed by atoms with Crippen LogP contribution >= 0.6 is 23.7 Å². The fourth-order valence-electron chi connectivity index (χ4n) is 4.92. The minimum atomic E-state index is -0.390. The highest BCUT2D eigenvalue weighted by Gasteiger charge is 2.20. The number of piperazine rings is 1. The molecular formula is C31H31ClF2N2O2S. The molecule has 1 aliphatic heterocycles. The van der Waals surface area contributed by atoms with Crippen LogP contribution in [-0.2, 0) is 9.53 Å². The van der Waals surface area contributed by atoms with Crippen LogP contribution in [-0.4, -0.2) is 61.6 Å². The van der Waals surface area contributed by atoms with Crippen LogP contribution < -0.4 is 0 Å². The molecule has 0 amide bonds. The third kappa shape index (κ3) is 7.40. The van der Waals surface area contributed by atoms with Gasteiger partial charge in [0.05, 0.1) is 6.61 Å². The minimum absolute atomic E-state index is 0. The number of carbonyl (C=O) groups excluding carboxylic acids is 1. The van der Waals surface area contributed by atoms with Gasteiger partial charge in [0, 0.05) is 65.9 Å². The van der Waals surface area contributed by atoms with Crippen molar-refractivity contribution in [1.82, 2.24) is 9.80 Å². The molecule has 0 N–H and O–H groups in total. The fraction of sp³-hybridized carbons (Fsp3) is 0.290. The molecular weight excluding hydrogens is 538 g/mol. The van der Waals surface area contributed by atoms with Crippen molar-refractivity contribution >= 4 is 45.3 Å². The maximum atomic E-state index is 13.5. The lowest BCUT2D eigenvalue weighted by Gasteiger charge is -2.35. The molecule has 1 aliphatic rings. The molecule has 1 fully saturated rings. The molecule has 1 saturated heterocycles. The van der Waals surface area contributed by atoms with Gasteiger partial charge >= 0.3 is 0 Å². The Balaban J connectivity index is 0.00000353. The second-order valence-corrected chi connectivity index (χ2v) is 10.4. The van der Waals surface area contributed by atoms with E-state index in [9.17, 15) is 13.6 Å². The Morgan fingerprint density at radius 3 is 2.00 bits per heavy atom. The lowest BCUT2D eigenvalue weighted by Crippen LogP contribution is -2.47. The number of hydrogen-bond acceptors (Lipinski definition) is 5. The number of nitrogens with zero attached hydrogens (tertiary/aromatic N) is 2. The molecule has 2 heterocycles. The van der Waals surface area contributed by atoms with Gasteiger partial charge in [-0.05, 0) is 47.9 Å². The molecule has 3 aromatic carbocycles. The normalized spacial score (nSPS) is 14.3. The number of ether oxygens (including phenoxy) is 1. The zero-order valence-corrected chi connectivity index (χ0v) is 23.2. The maximum Gasteiger partial charge on any atom is 0.128 e. The third-order valence-electron chi connectivity index (χ3n) is 7.11. The maximum absolute atomic E-state index is 13.5. The number of benzene rings is 3. The summed E-state index contributed by atoms with van der Waals surface area (Å²) in [4.78, 5) is 16.5. The first-order chi connectivity index (χ1) is 18.6. The van der Waals surface area contributed by atoms with E-state index in [1.54, 1.807) is 35.6 Å². The first-order valence-electron chi connectivity index (χ1n) is 12.9. The van der Waals surface area contributed by atoms with Crippen molar-refractivity contribution in [3.8, 4) is 0 Å². The molecule has 8 heteroatoms. The molecule has 0 bridgehead atoms. The van der Waals surface area contributed by atoms with Crippen molar-refractivity contribution in [3.63, 3.8) is 0 Å². The highest BCUT2D eigenvalue weighted by atomic mass is 35.5. The summed E-state index contributed by atoms with van der Waals surface area (Å²) in [5.41, 5.74) is 3.42. The quantitative estimate of drug-likeness (QED) is 0.201. The number of hydrogen-bond donors (Lipinski definition) is 0. The van der Waals surface area contributed by atoms with Crippen LogP contribution in [0.25, 0.3) is 15.7 Å². The molecule has 1 aromatic heterocycles. The first-order valence-corrected chi connectivity index (χ1v) is 13.8. The fourth-order valence-corrected chi connectivity index (χ4v) is 5.89. The Morgan fingerprint density at radius 2 is 1.41 bits per heavy atom. The number of thiophene rings is 1. The zero-order chi connectivity index (χ0) is 26.3. The highest BCUT2D eigenvalue weighted by molar-refractivity contribution is 7.17. The molecule has 4 aromatic rings. The number of fused-ring (bicyclic) bond motifs is 1. The van der Waals surface area contributed by atoms with Crippen molar-refractivity contribution in [2.75, 3.05) is 45.9 Å². The van der Waals surface area contributed by atoms with Crippen LogP contribution in [0.4, 0.5) is 8.78 Å². The first kappa shape index (κ1) is 29.1. The van der Waals surface area contributed by atoms with Crippen molar-refractivity contribution in [3.05, 3.63) is 107 Å². The number of rotatable bonds is 10. The van der Waals surface area contributed by atoms with E-state index < -0.39 is 0 Å². The van der Waals surface area contributed by atoms with Crippen molar-refractivity contribution in [2.45, 2.75) is 12.5 Å². The predicted octanol–water partition coefficient (Wildman–Crippen LogP) is 6.63. The van der Waals surface area contributed by atoms with Crippen LogP contribution in [0.5, 0.6) is 0 Å². The van der Waals surface area contributed by atoms with Crippen LogP contribution in [0.15, 0.2) is 78.2 Å². The summed E-state index contributed by atoms with van der Waals surface area (Å²) in [6.45, 7) is 5.79. The monoisotopic (exact) mass is 568 g/mol. The van der Waals surface area contributed by atoms with E-state index >= 15 is 0 Å². The van der Waals surface area contributed by atoms with Gasteiger partial charge in [-0.25, -0.2) is 13.6 Å². The smallest absolute Gasteiger partial charge is 0.128 e. The average molecular weight is 569 g/mol. The molecule has 5 rings (SSSR count). The lowest BCUT2D eigenvalue weighted by atomic mass is 10.0. The van der Waals surface area contributed by atoms with E-state index in [0.29, 0.717) is 13.0 Å². The molecule has 39 heavy (non-hydrogen) atoms. The number of halogens is 3. The summed E-state index contributed by atoms with van der Waals surface area (Å²) in [5, 5.41) is 3.19. The van der Waals surface area contributed by atoms with Gasteiger partial charge in [-0.1, -0.05) is 42.5 Å². The molecule has 4 nitrogen and oxygen atoms in total. The lowest BCUT2D eigenvalue weighted by molar-refractivity contribution is 0.0455. The van der Waals surface area contributed by atoms with E-state index in [1.165, 1.54) is 29.0 Å². The highest BCUT2D eigenvalue weighted by Crippen LogP contribution is 2.31. The zero-order valence-electron chi connectivity index (χ0n) is 21.5. The molecule has 0 aliphatic carbocycles. The Bertz CT molecular complexity index is 1350. The van der Waals surface area contributed by atoms with Gasteiger partial charge in [-0.15, -0.1) is 23.7 Å². The SMILES string of the molecule is Cl.O=C=C(CCN1CCN(CCOC(c2ccc(F)cc2)c2ccc(F)cc2)CC1)c1csc2ccccc12. The molecule has 0 radical (unpaired) electrons. The molecule has 204 valence electrons. The van der Waals surface area contributed by atoms with E-state index in [2.05, 4.69) is 33.3 Å². The van der Waals surface area contributed by atoms with Crippen molar-refractivity contribution in [2.24, 2.45) is 0 Å². The van der Waals surface area contributed by atoms with Gasteiger partial charge in [-0.3, -0.25) is 4.90 Å². The Hall–Kier alpha value is -2.90. The Kier molecular flexibility index (Phi) is 10.4. The largest absolute Gasteiger partial charge is 0.367 e. The van der Waals surface area contributed by atoms with Crippen LogP contribution in [0.1, 0.15) is 29.2 Å². The molecule has 0 unspecified atom stereocenters. The minimum Gasteiger partial charge on any atom is -0.367 e. The van der Waals surface area contributed by atoms with E-state index in [0.717, 1.165) is 66.9 Å². The van der Waals surface area contributed by atoms with Crippen LogP contribution in [0.2, 0.25) is 0 Å². The van der Waals surface area contributed by atoms with Crippen molar-refractivity contribution in [1.29, 1.82) is 0 Å². The average Bonchev–Trinajstić information content (AvgIpc) is 3.38. The third-order valence-corrected chi connectivity index (χ3v) is 8.07. The van der Waals surface area contributed by atoms with Crippen LogP contribution in [0, 0.1) is 11.6 Å². The van der Waals surface area contributed by atoms with Gasteiger partial charge in [0.15, 0.2) is 0 Å². The second kappa shape index (κ2) is 13.9. The molecule has 0 atom stereocenters. The summed E-state index contributed by atoms with van der Waals surface area (Å²) in [6, 6.07) is 20.7. The summed E-state index contributed by atoms with van der Waals surface area (Å²) < 4.78 is 34.4. The van der Waals surface area contributed by atoms with E-state index in [4.69, 9.17) is 4.74 Å². The van der Waals surface area contributed by atoms with Crippen molar-refractivity contribution < 1.29 is 18.3 Å². The molecule has 0 spiro atoms. The standard InChI is InChI=1S/C31H30F2N2O2S.ClH/c32-26-9-5-23(6-10-26)31(24-7-11-27(33)12-8-24)37-20-19-35-17-15-34(16-18-35)14-13-25(21-36)29-22-38-30-4-2-1-3-28(29)30;/h1-12,22,31H,13-20H2;1H. The predicted molar refractivity (Wildman–Crippen MR) is 156 cm³/mol. The summed E-state index contributed by atoms with van der Waals surface area (Å²) >= 11 is 1.66. The van der Waals surface area contributed by atoms with E-state index in [1.807, 2.05) is 12.1 Å². The summed E-state index contributed by atoms with van der Waals surface area (Å²) in [7, 11) is 0. The topological polar surface area (TPSA) is 32.8 Å². The Labute approximate surface area is 237 Å². The van der Waals surface area contributed by atoms with E-state index in [-0.39, 0.29) is 30.1 Å². The Morgan fingerprint density at radius 1 is 0.846 bits per heavy atom. The second-order valence-electron chi connectivity index (χ2n) is 9.51. The van der Waals surface area contributed by atoms with Gasteiger partial charge in [0.25, 0.3) is 0 Å². The summed E-state index contributed by atoms with van der Waals surface area (Å²) in [5.74, 6) is 1.59.